The number of benzene rings is 3. The Morgan fingerprint density at radius 2 is 1.55 bits per heavy atom. The highest BCUT2D eigenvalue weighted by atomic mass is 35.5. The first kappa shape index (κ1) is 25.6. The van der Waals surface area contributed by atoms with E-state index >= 15 is 0 Å². The summed E-state index contributed by atoms with van der Waals surface area (Å²) in [5.74, 6) is 2.15. The highest BCUT2D eigenvalue weighted by Gasteiger charge is 2.24. The molecule has 2 heterocycles. The number of ether oxygens (including phenoxy) is 2. The molecule has 0 bridgehead atoms. The predicted octanol–water partition coefficient (Wildman–Crippen LogP) is 4.60. The first-order chi connectivity index (χ1) is 18.6. The minimum Gasteiger partial charge on any atom is -0.496 e. The molecule has 8 nitrogen and oxygen atoms in total. The molecule has 0 saturated carbocycles. The second-order valence-corrected chi connectivity index (χ2v) is 9.46. The van der Waals surface area contributed by atoms with E-state index in [0.29, 0.717) is 23.7 Å². The normalized spacial score (nSPS) is 13.4. The number of nitrogens with one attached hydrogen (secondary N) is 1. The van der Waals surface area contributed by atoms with Crippen LogP contribution in [0.4, 0.5) is 11.5 Å². The molecule has 1 aliphatic heterocycles. The average molecular weight is 532 g/mol. The van der Waals surface area contributed by atoms with E-state index in [0.717, 1.165) is 65.5 Å². The summed E-state index contributed by atoms with van der Waals surface area (Å²) in [5, 5.41) is 14.3. The third-order valence-electron chi connectivity index (χ3n) is 6.82. The quantitative estimate of drug-likeness (QED) is 0.356. The summed E-state index contributed by atoms with van der Waals surface area (Å²) in [6.45, 7) is 3.51. The number of hydrogen-bond donors (Lipinski definition) is 1. The first-order valence-corrected chi connectivity index (χ1v) is 13.0. The zero-order valence-corrected chi connectivity index (χ0v) is 22.2. The van der Waals surface area contributed by atoms with Gasteiger partial charge < -0.3 is 24.6 Å². The van der Waals surface area contributed by atoms with Crippen LogP contribution in [0.2, 0.25) is 5.02 Å². The van der Waals surface area contributed by atoms with Crippen molar-refractivity contribution in [3.63, 3.8) is 0 Å². The van der Waals surface area contributed by atoms with Crippen molar-refractivity contribution in [3.05, 3.63) is 83.0 Å². The number of hydrogen-bond acceptors (Lipinski definition) is 7. The zero-order chi connectivity index (χ0) is 26.5. The average Bonchev–Trinajstić information content (AvgIpc) is 2.97. The molecule has 1 amide bonds. The summed E-state index contributed by atoms with van der Waals surface area (Å²) < 4.78 is 11.0. The largest absolute Gasteiger partial charge is 0.496 e. The Morgan fingerprint density at radius 3 is 2.32 bits per heavy atom. The van der Waals surface area contributed by atoms with Gasteiger partial charge in [-0.2, -0.15) is 0 Å². The summed E-state index contributed by atoms with van der Waals surface area (Å²) >= 11 is 6.25. The number of rotatable bonds is 8. The Bertz CT molecular complexity index is 1440. The lowest BCUT2D eigenvalue weighted by atomic mass is 10.1. The molecule has 0 atom stereocenters. The summed E-state index contributed by atoms with van der Waals surface area (Å²) in [6.07, 6.45) is 0.654. The van der Waals surface area contributed by atoms with Crippen LogP contribution in [0.5, 0.6) is 11.5 Å². The molecule has 1 N–H and O–H groups in total. The molecule has 1 aliphatic rings. The molecule has 1 saturated heterocycles. The number of fused-ring (bicyclic) bond motifs is 1. The van der Waals surface area contributed by atoms with Crippen LogP contribution < -0.4 is 24.6 Å². The smallest absolute Gasteiger partial charge is 0.272 e. The highest BCUT2D eigenvalue weighted by Crippen LogP contribution is 2.33. The van der Waals surface area contributed by atoms with Crippen molar-refractivity contribution in [1.29, 1.82) is 0 Å². The molecule has 38 heavy (non-hydrogen) atoms. The molecule has 9 heteroatoms. The Hall–Kier alpha value is -4.04. The van der Waals surface area contributed by atoms with Crippen LogP contribution in [0.3, 0.4) is 0 Å². The topological polar surface area (TPSA) is 79.8 Å². The van der Waals surface area contributed by atoms with E-state index in [9.17, 15) is 4.79 Å². The lowest BCUT2D eigenvalue weighted by molar-refractivity contribution is 0.0950. The zero-order valence-electron chi connectivity index (χ0n) is 21.5. The summed E-state index contributed by atoms with van der Waals surface area (Å²) in [5.41, 5.74) is 2.35. The fourth-order valence-electron chi connectivity index (χ4n) is 4.86. The van der Waals surface area contributed by atoms with E-state index in [1.807, 2.05) is 66.7 Å². The van der Waals surface area contributed by atoms with Crippen LogP contribution in [0, 0.1) is 0 Å². The van der Waals surface area contributed by atoms with Crippen LogP contribution in [0.1, 0.15) is 16.1 Å². The number of halogens is 1. The van der Waals surface area contributed by atoms with Crippen LogP contribution in [-0.4, -0.2) is 63.0 Å². The van der Waals surface area contributed by atoms with E-state index < -0.39 is 0 Å². The number of piperazine rings is 1. The number of carbonyl (C=O) groups is 1. The van der Waals surface area contributed by atoms with Gasteiger partial charge in [-0.25, -0.2) is 0 Å². The number of carbonyl (C=O) groups excluding carboxylic acids is 1. The fourth-order valence-corrected chi connectivity index (χ4v) is 5.03. The molecule has 0 spiro atoms. The Labute approximate surface area is 227 Å². The van der Waals surface area contributed by atoms with Crippen molar-refractivity contribution < 1.29 is 14.3 Å². The van der Waals surface area contributed by atoms with Crippen LogP contribution in [0.25, 0.3) is 10.8 Å². The second-order valence-electron chi connectivity index (χ2n) is 9.03. The third-order valence-corrected chi connectivity index (χ3v) is 7.05. The number of para-hydroxylation sites is 1. The summed E-state index contributed by atoms with van der Waals surface area (Å²) in [6, 6.07) is 21.3. The number of amides is 1. The van der Waals surface area contributed by atoms with E-state index in [4.69, 9.17) is 21.1 Å². The minimum atomic E-state index is -0.243. The molecule has 1 fully saturated rings. The van der Waals surface area contributed by atoms with E-state index in [2.05, 4.69) is 25.3 Å². The maximum absolute atomic E-state index is 13.1. The van der Waals surface area contributed by atoms with E-state index in [1.54, 1.807) is 14.2 Å². The van der Waals surface area contributed by atoms with E-state index in [-0.39, 0.29) is 5.91 Å². The molecular weight excluding hydrogens is 502 g/mol. The van der Waals surface area contributed by atoms with Gasteiger partial charge in [0.15, 0.2) is 11.5 Å². The monoisotopic (exact) mass is 531 g/mol. The van der Waals surface area contributed by atoms with Gasteiger partial charge in [0.1, 0.15) is 11.5 Å². The number of aromatic nitrogens is 2. The van der Waals surface area contributed by atoms with Gasteiger partial charge in [-0.3, -0.25) is 4.79 Å². The molecule has 1 aromatic heterocycles. The minimum absolute atomic E-state index is 0.243. The number of nitrogens with zero attached hydrogens (tertiary/aromatic N) is 4. The molecule has 0 radical (unpaired) electrons. The van der Waals surface area contributed by atoms with Crippen molar-refractivity contribution in [2.45, 2.75) is 6.42 Å². The van der Waals surface area contributed by atoms with Crippen molar-refractivity contribution >= 4 is 39.8 Å². The summed E-state index contributed by atoms with van der Waals surface area (Å²) in [7, 11) is 3.32. The standard InChI is InChI=1S/C29H30ClN5O3/c1-37-25-10-6-3-7-20(25)13-14-31-29(36)27-22-8-4-5-9-23(22)28(33-32-27)35-17-15-34(16-18-35)24-19-21(30)11-12-26(24)38-2/h3-12,19H,13-18H2,1-2H3,(H,31,36). The Balaban J connectivity index is 1.30. The third kappa shape index (κ3) is 5.31. The lowest BCUT2D eigenvalue weighted by Crippen LogP contribution is -2.47. The van der Waals surface area contributed by atoms with Crippen molar-refractivity contribution in [3.8, 4) is 11.5 Å². The van der Waals surface area contributed by atoms with Gasteiger partial charge in [-0.05, 0) is 36.2 Å². The Kier molecular flexibility index (Phi) is 7.79. The van der Waals surface area contributed by atoms with Gasteiger partial charge in [0.2, 0.25) is 0 Å². The van der Waals surface area contributed by atoms with Crippen molar-refractivity contribution in [1.82, 2.24) is 15.5 Å². The van der Waals surface area contributed by atoms with Crippen LogP contribution >= 0.6 is 11.6 Å². The van der Waals surface area contributed by atoms with Crippen molar-refractivity contribution in [2.24, 2.45) is 0 Å². The Morgan fingerprint density at radius 1 is 0.868 bits per heavy atom. The highest BCUT2D eigenvalue weighted by molar-refractivity contribution is 6.31. The summed E-state index contributed by atoms with van der Waals surface area (Å²) in [4.78, 5) is 17.6. The number of anilines is 2. The van der Waals surface area contributed by atoms with E-state index in [1.165, 1.54) is 0 Å². The van der Waals surface area contributed by atoms with Crippen molar-refractivity contribution in [2.75, 3.05) is 56.7 Å². The SMILES string of the molecule is COc1ccccc1CCNC(=O)c1nnc(N2CCN(c3cc(Cl)ccc3OC)CC2)c2ccccc12. The maximum atomic E-state index is 13.1. The molecule has 196 valence electrons. The maximum Gasteiger partial charge on any atom is 0.272 e. The first-order valence-electron chi connectivity index (χ1n) is 12.6. The van der Waals surface area contributed by atoms with Gasteiger partial charge >= 0.3 is 0 Å². The second kappa shape index (κ2) is 11.6. The molecule has 4 aromatic rings. The van der Waals surface area contributed by atoms with Gasteiger partial charge in [-0.1, -0.05) is 54.1 Å². The number of methoxy groups -OCH3 is 2. The fraction of sp³-hybridized carbons (Fsp3) is 0.276. The van der Waals surface area contributed by atoms with Crippen LogP contribution in [0.15, 0.2) is 66.7 Å². The molecule has 5 rings (SSSR count). The molecule has 0 unspecified atom stereocenters. The predicted molar refractivity (Wildman–Crippen MR) is 151 cm³/mol. The van der Waals surface area contributed by atoms with Crippen LogP contribution in [-0.2, 0) is 6.42 Å². The van der Waals surface area contributed by atoms with Gasteiger partial charge in [-0.15, -0.1) is 10.2 Å². The van der Waals surface area contributed by atoms with Gasteiger partial charge in [0.25, 0.3) is 5.91 Å². The van der Waals surface area contributed by atoms with Gasteiger partial charge in [0, 0.05) is 48.5 Å². The lowest BCUT2D eigenvalue weighted by Gasteiger charge is -2.37. The molecule has 0 aliphatic carbocycles. The molecular formula is C29H30ClN5O3. The van der Waals surface area contributed by atoms with Gasteiger partial charge in [0.05, 0.1) is 19.9 Å². The molecule has 3 aromatic carbocycles.